The van der Waals surface area contributed by atoms with Crippen molar-refractivity contribution in [3.63, 3.8) is 0 Å². The number of carboxylic acid groups (broad SMARTS) is 1. The number of carboxylic acids is 1. The fraction of sp³-hybridized carbons (Fsp3) is 0.200. The van der Waals surface area contributed by atoms with Crippen LogP contribution in [0.5, 0.6) is 5.75 Å². The number of hydrogen-bond donors (Lipinski definition) is 1. The van der Waals surface area contributed by atoms with Gasteiger partial charge in [-0.25, -0.2) is 4.79 Å². The third kappa shape index (κ3) is 6.41. The fourth-order valence-electron chi connectivity index (χ4n) is 3.69. The molecule has 4 rings (SSSR count). The van der Waals surface area contributed by atoms with Crippen LogP contribution in [0.25, 0.3) is 22.3 Å². The predicted molar refractivity (Wildman–Crippen MR) is 138 cm³/mol. The minimum atomic E-state index is -0.978. The summed E-state index contributed by atoms with van der Waals surface area (Å²) >= 11 is 0. The lowest BCUT2D eigenvalue weighted by Crippen LogP contribution is -2.24. The van der Waals surface area contributed by atoms with Gasteiger partial charge < -0.3 is 19.0 Å². The summed E-state index contributed by atoms with van der Waals surface area (Å²) < 4.78 is 16.8. The number of hydrogen-bond acceptors (Lipinski definition) is 5. The molecule has 0 aliphatic carbocycles. The fourth-order valence-corrected chi connectivity index (χ4v) is 3.69. The molecule has 0 aliphatic heterocycles. The van der Waals surface area contributed by atoms with Crippen LogP contribution in [0.1, 0.15) is 24.0 Å². The van der Waals surface area contributed by atoms with Gasteiger partial charge in [0.2, 0.25) is 0 Å². The summed E-state index contributed by atoms with van der Waals surface area (Å²) in [7, 11) is 1.39. The van der Waals surface area contributed by atoms with Crippen molar-refractivity contribution < 1.29 is 23.8 Å². The Labute approximate surface area is 209 Å². The van der Waals surface area contributed by atoms with E-state index in [0.717, 1.165) is 23.1 Å². The number of aliphatic carboxylic acids is 1. The van der Waals surface area contributed by atoms with Gasteiger partial charge in [0.05, 0.1) is 12.0 Å². The first-order chi connectivity index (χ1) is 17.5. The van der Waals surface area contributed by atoms with Crippen LogP contribution in [0.2, 0.25) is 0 Å². The molecule has 0 fully saturated rings. The molecular formula is C30H26O6. The topological polar surface area (TPSA) is 86.0 Å². The predicted octanol–water partition coefficient (Wildman–Crippen LogP) is 5.31. The summed E-state index contributed by atoms with van der Waals surface area (Å²) in [4.78, 5) is 23.6. The molecule has 36 heavy (non-hydrogen) atoms. The Bertz CT molecular complexity index is 1440. The lowest BCUT2D eigenvalue weighted by atomic mass is 10.1. The smallest absolute Gasteiger partial charge is 0.333 e. The molecule has 6 heteroatoms. The van der Waals surface area contributed by atoms with Crippen molar-refractivity contribution >= 4 is 16.9 Å². The van der Waals surface area contributed by atoms with Crippen molar-refractivity contribution in [2.24, 2.45) is 0 Å². The third-order valence-corrected chi connectivity index (χ3v) is 5.64. The van der Waals surface area contributed by atoms with Gasteiger partial charge in [-0.2, -0.15) is 0 Å². The SMILES string of the molecule is COC(Cc1ccc(C#CCCCOc2ccc3c(=O)cc(-c4ccccc4)oc3c2)cc1)C(=O)O. The van der Waals surface area contributed by atoms with Crippen LogP contribution in [0.15, 0.2) is 88.1 Å². The average Bonchev–Trinajstić information content (AvgIpc) is 2.90. The Morgan fingerprint density at radius 3 is 2.53 bits per heavy atom. The highest BCUT2D eigenvalue weighted by atomic mass is 16.5. The van der Waals surface area contributed by atoms with Gasteiger partial charge in [-0.15, -0.1) is 0 Å². The van der Waals surface area contributed by atoms with Crippen molar-refractivity contribution in [2.45, 2.75) is 25.4 Å². The number of fused-ring (bicyclic) bond motifs is 1. The zero-order valence-corrected chi connectivity index (χ0v) is 19.9. The molecule has 0 radical (unpaired) electrons. The molecule has 0 amide bonds. The second-order valence-corrected chi connectivity index (χ2v) is 8.22. The third-order valence-electron chi connectivity index (χ3n) is 5.64. The molecule has 1 aromatic heterocycles. The minimum absolute atomic E-state index is 0.0923. The van der Waals surface area contributed by atoms with Crippen molar-refractivity contribution in [1.29, 1.82) is 0 Å². The zero-order valence-electron chi connectivity index (χ0n) is 19.9. The molecular weight excluding hydrogens is 456 g/mol. The van der Waals surface area contributed by atoms with E-state index in [-0.39, 0.29) is 5.43 Å². The van der Waals surface area contributed by atoms with E-state index < -0.39 is 12.1 Å². The maximum Gasteiger partial charge on any atom is 0.333 e. The maximum atomic E-state index is 12.5. The molecule has 1 N–H and O–H groups in total. The van der Waals surface area contributed by atoms with Crippen LogP contribution < -0.4 is 10.2 Å². The van der Waals surface area contributed by atoms with Crippen molar-refractivity contribution in [3.8, 4) is 28.9 Å². The Morgan fingerprint density at radius 1 is 1.03 bits per heavy atom. The lowest BCUT2D eigenvalue weighted by molar-refractivity contribution is -0.148. The summed E-state index contributed by atoms with van der Waals surface area (Å²) in [5.74, 6) is 6.42. The van der Waals surface area contributed by atoms with Crippen LogP contribution in [0.4, 0.5) is 0 Å². The van der Waals surface area contributed by atoms with Gasteiger partial charge in [-0.05, 0) is 36.2 Å². The van der Waals surface area contributed by atoms with Crippen LogP contribution in [0, 0.1) is 11.8 Å². The van der Waals surface area contributed by atoms with Gasteiger partial charge in [0.15, 0.2) is 11.5 Å². The normalized spacial score (nSPS) is 11.5. The van der Waals surface area contributed by atoms with Gasteiger partial charge in [-0.3, -0.25) is 4.79 Å². The monoisotopic (exact) mass is 482 g/mol. The van der Waals surface area contributed by atoms with E-state index in [0.29, 0.717) is 41.9 Å². The first-order valence-electron chi connectivity index (χ1n) is 11.6. The molecule has 0 spiro atoms. The van der Waals surface area contributed by atoms with Crippen molar-refractivity contribution in [3.05, 3.63) is 100 Å². The second kappa shape index (κ2) is 11.9. The standard InChI is InChI=1S/C30H26O6/c1-34-29(30(32)33)18-22-13-11-21(12-14-22)8-4-3-7-17-35-24-15-16-25-26(31)20-27(36-28(25)19-24)23-9-5-2-6-10-23/h2,5-6,9-16,19-20,29H,3,7,17-18H2,1H3,(H,32,33). The molecule has 1 heterocycles. The molecule has 4 aromatic rings. The molecule has 1 unspecified atom stereocenters. The summed E-state index contributed by atoms with van der Waals surface area (Å²) in [6.45, 7) is 0.481. The second-order valence-electron chi connectivity index (χ2n) is 8.22. The Morgan fingerprint density at radius 2 is 1.81 bits per heavy atom. The Balaban J connectivity index is 1.30. The lowest BCUT2D eigenvalue weighted by Gasteiger charge is -2.10. The average molecular weight is 483 g/mol. The van der Waals surface area contributed by atoms with Gasteiger partial charge in [0.25, 0.3) is 0 Å². The number of rotatable bonds is 9. The quantitative estimate of drug-likeness (QED) is 0.257. The van der Waals surface area contributed by atoms with Gasteiger partial charge in [0.1, 0.15) is 17.1 Å². The van der Waals surface area contributed by atoms with Crippen LogP contribution >= 0.6 is 0 Å². The van der Waals surface area contributed by atoms with E-state index in [2.05, 4.69) is 11.8 Å². The first-order valence-corrected chi connectivity index (χ1v) is 11.6. The summed E-state index contributed by atoms with van der Waals surface area (Å²) in [5.41, 5.74) is 2.98. The van der Waals surface area contributed by atoms with E-state index in [1.54, 1.807) is 18.2 Å². The molecule has 0 aliphatic rings. The van der Waals surface area contributed by atoms with Crippen LogP contribution in [-0.4, -0.2) is 30.9 Å². The largest absolute Gasteiger partial charge is 0.493 e. The van der Waals surface area contributed by atoms with E-state index in [1.807, 2.05) is 54.6 Å². The molecule has 0 saturated carbocycles. The van der Waals surface area contributed by atoms with Crippen LogP contribution in [0.3, 0.4) is 0 Å². The molecule has 0 saturated heterocycles. The molecule has 182 valence electrons. The maximum absolute atomic E-state index is 12.5. The molecule has 3 aromatic carbocycles. The van der Waals surface area contributed by atoms with Gasteiger partial charge >= 0.3 is 5.97 Å². The Kier molecular flexibility index (Phi) is 8.17. The number of benzene rings is 3. The number of methoxy groups -OCH3 is 1. The zero-order chi connectivity index (χ0) is 25.3. The van der Waals surface area contributed by atoms with E-state index >= 15 is 0 Å². The summed E-state index contributed by atoms with van der Waals surface area (Å²) in [6, 6.07) is 23.7. The first kappa shape index (κ1) is 24.8. The van der Waals surface area contributed by atoms with E-state index in [1.165, 1.54) is 13.2 Å². The Hall–Kier alpha value is -4.34. The number of ether oxygens (including phenoxy) is 2. The van der Waals surface area contributed by atoms with Crippen molar-refractivity contribution in [2.75, 3.05) is 13.7 Å². The molecule has 1 atom stereocenters. The highest BCUT2D eigenvalue weighted by molar-refractivity contribution is 5.80. The molecule has 0 bridgehead atoms. The van der Waals surface area contributed by atoms with E-state index in [9.17, 15) is 9.59 Å². The summed E-state index contributed by atoms with van der Waals surface area (Å²) in [5, 5.41) is 9.60. The number of carbonyl (C=O) groups is 1. The molecule has 6 nitrogen and oxygen atoms in total. The van der Waals surface area contributed by atoms with E-state index in [4.69, 9.17) is 19.0 Å². The highest BCUT2D eigenvalue weighted by Crippen LogP contribution is 2.25. The number of unbranched alkanes of at least 4 members (excludes halogenated alkanes) is 1. The van der Waals surface area contributed by atoms with Gasteiger partial charge in [-0.1, -0.05) is 54.3 Å². The minimum Gasteiger partial charge on any atom is -0.493 e. The highest BCUT2D eigenvalue weighted by Gasteiger charge is 2.16. The van der Waals surface area contributed by atoms with Crippen LogP contribution in [-0.2, 0) is 16.0 Å². The van der Waals surface area contributed by atoms with Gasteiger partial charge in [0, 0.05) is 43.2 Å². The summed E-state index contributed by atoms with van der Waals surface area (Å²) in [6.07, 6.45) is 0.854. The van der Waals surface area contributed by atoms with Crippen molar-refractivity contribution in [1.82, 2.24) is 0 Å².